The second-order valence-corrected chi connectivity index (χ2v) is 6.61. The highest BCUT2D eigenvalue weighted by molar-refractivity contribution is 5.94. The number of ether oxygens (including phenoxy) is 1. The summed E-state index contributed by atoms with van der Waals surface area (Å²) in [5, 5.41) is 6.00. The van der Waals surface area contributed by atoms with Gasteiger partial charge in [-0.1, -0.05) is 36.4 Å². The van der Waals surface area contributed by atoms with Gasteiger partial charge in [-0.05, 0) is 36.6 Å². The molecule has 1 aliphatic rings. The number of rotatable bonds is 5. The normalized spacial score (nSPS) is 14.5. The predicted octanol–water partition coefficient (Wildman–Crippen LogP) is 2.80. The van der Waals surface area contributed by atoms with Crippen LogP contribution in [0.1, 0.15) is 28.8 Å². The largest absolute Gasteiger partial charge is 0.497 e. The first-order valence-corrected chi connectivity index (χ1v) is 9.17. The Morgan fingerprint density at radius 3 is 2.52 bits per heavy atom. The Morgan fingerprint density at radius 1 is 1.07 bits per heavy atom. The zero-order valence-electron chi connectivity index (χ0n) is 15.5. The molecule has 2 aromatic carbocycles. The summed E-state index contributed by atoms with van der Waals surface area (Å²) in [7, 11) is 1.58. The molecule has 0 saturated carbocycles. The summed E-state index contributed by atoms with van der Waals surface area (Å²) in [5.74, 6) is 0.549. The predicted molar refractivity (Wildman–Crippen MR) is 104 cm³/mol. The topological polar surface area (TPSA) is 70.7 Å². The Hall–Kier alpha value is -3.02. The molecule has 142 valence electrons. The third-order valence-corrected chi connectivity index (χ3v) is 4.74. The average Bonchev–Trinajstić information content (AvgIpc) is 2.73. The second-order valence-electron chi connectivity index (χ2n) is 6.61. The number of nitrogens with zero attached hydrogens (tertiary/aromatic N) is 1. The van der Waals surface area contributed by atoms with Gasteiger partial charge in [0.05, 0.1) is 7.11 Å². The van der Waals surface area contributed by atoms with E-state index in [4.69, 9.17) is 4.74 Å². The number of methoxy groups -OCH3 is 1. The Balaban J connectivity index is 1.44. The van der Waals surface area contributed by atoms with Gasteiger partial charge in [0.1, 0.15) is 5.75 Å². The molecule has 0 bridgehead atoms. The van der Waals surface area contributed by atoms with Crippen LogP contribution in [0.25, 0.3) is 0 Å². The van der Waals surface area contributed by atoms with Crippen molar-refractivity contribution in [2.45, 2.75) is 25.4 Å². The highest BCUT2D eigenvalue weighted by atomic mass is 16.5. The third-order valence-electron chi connectivity index (χ3n) is 4.74. The summed E-state index contributed by atoms with van der Waals surface area (Å²) in [4.78, 5) is 26.5. The Bertz CT molecular complexity index is 771. The standard InChI is InChI=1S/C21H25N3O3/c1-27-19-9-5-8-17(14-19)20(25)23-18-10-12-24(13-11-18)21(26)22-15-16-6-3-2-4-7-16/h2-9,14,18H,10-13,15H2,1H3,(H,22,26)(H,23,25). The lowest BCUT2D eigenvalue weighted by Gasteiger charge is -2.32. The minimum Gasteiger partial charge on any atom is -0.497 e. The van der Waals surface area contributed by atoms with Gasteiger partial charge in [-0.2, -0.15) is 0 Å². The van der Waals surface area contributed by atoms with Gasteiger partial charge in [0, 0.05) is 31.2 Å². The van der Waals surface area contributed by atoms with Crippen LogP contribution in [-0.2, 0) is 6.54 Å². The van der Waals surface area contributed by atoms with E-state index in [1.165, 1.54) is 0 Å². The van der Waals surface area contributed by atoms with Crippen LogP contribution in [0.5, 0.6) is 5.75 Å². The summed E-state index contributed by atoms with van der Waals surface area (Å²) in [6, 6.07) is 17.0. The first-order chi connectivity index (χ1) is 13.2. The fraction of sp³-hybridized carbons (Fsp3) is 0.333. The van der Waals surface area contributed by atoms with E-state index in [1.54, 1.807) is 30.2 Å². The van der Waals surface area contributed by atoms with E-state index in [0.717, 1.165) is 18.4 Å². The summed E-state index contributed by atoms with van der Waals surface area (Å²) in [5.41, 5.74) is 1.66. The van der Waals surface area contributed by atoms with Crippen molar-refractivity contribution in [1.82, 2.24) is 15.5 Å². The molecule has 6 nitrogen and oxygen atoms in total. The summed E-state index contributed by atoms with van der Waals surface area (Å²) in [6.45, 7) is 1.78. The molecule has 2 aromatic rings. The second kappa shape index (κ2) is 9.07. The fourth-order valence-electron chi connectivity index (χ4n) is 3.15. The zero-order valence-corrected chi connectivity index (χ0v) is 15.5. The molecule has 0 radical (unpaired) electrons. The van der Waals surface area contributed by atoms with Gasteiger partial charge in [-0.15, -0.1) is 0 Å². The summed E-state index contributed by atoms with van der Waals surface area (Å²) >= 11 is 0. The molecule has 1 heterocycles. The molecule has 2 N–H and O–H groups in total. The number of urea groups is 1. The van der Waals surface area contributed by atoms with Crippen molar-refractivity contribution in [2.24, 2.45) is 0 Å². The van der Waals surface area contributed by atoms with Gasteiger partial charge in [0.25, 0.3) is 5.91 Å². The highest BCUT2D eigenvalue weighted by Gasteiger charge is 2.24. The number of hydrogen-bond donors (Lipinski definition) is 2. The Kier molecular flexibility index (Phi) is 6.30. The molecular formula is C21H25N3O3. The Labute approximate surface area is 159 Å². The highest BCUT2D eigenvalue weighted by Crippen LogP contribution is 2.15. The molecule has 3 rings (SSSR count). The quantitative estimate of drug-likeness (QED) is 0.854. The number of likely N-dealkylation sites (tertiary alicyclic amines) is 1. The molecule has 1 aliphatic heterocycles. The van der Waals surface area contributed by atoms with E-state index in [1.807, 2.05) is 36.4 Å². The Morgan fingerprint density at radius 2 is 1.81 bits per heavy atom. The van der Waals surface area contributed by atoms with E-state index in [9.17, 15) is 9.59 Å². The van der Waals surface area contributed by atoms with Crippen LogP contribution in [0.2, 0.25) is 0 Å². The molecule has 1 fully saturated rings. The van der Waals surface area contributed by atoms with Crippen LogP contribution < -0.4 is 15.4 Å². The minimum atomic E-state index is -0.110. The van der Waals surface area contributed by atoms with E-state index >= 15 is 0 Å². The van der Waals surface area contributed by atoms with Crippen LogP contribution in [0.15, 0.2) is 54.6 Å². The SMILES string of the molecule is COc1cccc(C(=O)NC2CCN(C(=O)NCc3ccccc3)CC2)c1. The molecule has 0 atom stereocenters. The molecule has 27 heavy (non-hydrogen) atoms. The number of piperidine rings is 1. The van der Waals surface area contributed by atoms with Gasteiger partial charge in [-0.25, -0.2) is 4.79 Å². The van der Waals surface area contributed by atoms with E-state index in [2.05, 4.69) is 10.6 Å². The van der Waals surface area contributed by atoms with Crippen molar-refractivity contribution in [3.63, 3.8) is 0 Å². The number of benzene rings is 2. The lowest BCUT2D eigenvalue weighted by atomic mass is 10.0. The van der Waals surface area contributed by atoms with E-state index in [0.29, 0.717) is 30.9 Å². The summed E-state index contributed by atoms with van der Waals surface area (Å²) < 4.78 is 5.16. The van der Waals surface area contributed by atoms with E-state index < -0.39 is 0 Å². The van der Waals surface area contributed by atoms with E-state index in [-0.39, 0.29) is 18.0 Å². The van der Waals surface area contributed by atoms with Crippen LogP contribution in [0.3, 0.4) is 0 Å². The van der Waals surface area contributed by atoms with Crippen LogP contribution in [0, 0.1) is 0 Å². The van der Waals surface area contributed by atoms with Crippen molar-refractivity contribution in [3.8, 4) is 5.75 Å². The maximum Gasteiger partial charge on any atom is 0.317 e. The number of hydrogen-bond acceptors (Lipinski definition) is 3. The lowest BCUT2D eigenvalue weighted by Crippen LogP contribution is -2.49. The summed E-state index contributed by atoms with van der Waals surface area (Å²) in [6.07, 6.45) is 1.49. The number of carbonyl (C=O) groups excluding carboxylic acids is 2. The molecule has 0 spiro atoms. The van der Waals surface area contributed by atoms with Crippen molar-refractivity contribution in [1.29, 1.82) is 0 Å². The van der Waals surface area contributed by atoms with Crippen molar-refractivity contribution >= 4 is 11.9 Å². The zero-order chi connectivity index (χ0) is 19.1. The monoisotopic (exact) mass is 367 g/mol. The van der Waals surface area contributed by atoms with Gasteiger partial charge in [-0.3, -0.25) is 4.79 Å². The number of amides is 3. The molecule has 0 unspecified atom stereocenters. The lowest BCUT2D eigenvalue weighted by molar-refractivity contribution is 0.0917. The van der Waals surface area contributed by atoms with Crippen LogP contribution in [0.4, 0.5) is 4.79 Å². The first-order valence-electron chi connectivity index (χ1n) is 9.17. The van der Waals surface area contributed by atoms with Crippen molar-refractivity contribution < 1.29 is 14.3 Å². The minimum absolute atomic E-state index is 0.0589. The van der Waals surface area contributed by atoms with Crippen LogP contribution in [-0.4, -0.2) is 43.1 Å². The van der Waals surface area contributed by atoms with Crippen molar-refractivity contribution in [2.75, 3.05) is 20.2 Å². The first kappa shape index (κ1) is 18.8. The molecule has 3 amide bonds. The van der Waals surface area contributed by atoms with Gasteiger partial charge < -0.3 is 20.3 Å². The third kappa shape index (κ3) is 5.23. The van der Waals surface area contributed by atoms with Gasteiger partial charge in [0.15, 0.2) is 0 Å². The van der Waals surface area contributed by atoms with Gasteiger partial charge >= 0.3 is 6.03 Å². The molecule has 1 saturated heterocycles. The average molecular weight is 367 g/mol. The smallest absolute Gasteiger partial charge is 0.317 e. The van der Waals surface area contributed by atoms with Crippen molar-refractivity contribution in [3.05, 3.63) is 65.7 Å². The maximum absolute atomic E-state index is 12.4. The molecular weight excluding hydrogens is 342 g/mol. The van der Waals surface area contributed by atoms with Gasteiger partial charge in [0.2, 0.25) is 0 Å². The number of nitrogens with one attached hydrogen (secondary N) is 2. The molecule has 6 heteroatoms. The fourth-order valence-corrected chi connectivity index (χ4v) is 3.15. The molecule has 0 aromatic heterocycles. The molecule has 0 aliphatic carbocycles. The maximum atomic E-state index is 12.4. The number of carbonyl (C=O) groups is 2. The van der Waals surface area contributed by atoms with Crippen LogP contribution >= 0.6 is 0 Å².